The number of nitrogens with zero attached hydrogens (tertiary/aromatic N) is 5. The highest BCUT2D eigenvalue weighted by Gasteiger charge is 2.61. The Morgan fingerprint density at radius 1 is 1.11 bits per heavy atom. The molecule has 4 heterocycles. The minimum Gasteiger partial charge on any atom is -0.459 e. The van der Waals surface area contributed by atoms with Crippen LogP contribution in [-0.2, 0) is 24.6 Å². The number of fused-ring (bicyclic) bond motifs is 3. The van der Waals surface area contributed by atoms with Gasteiger partial charge in [0.05, 0.1) is 29.2 Å². The van der Waals surface area contributed by atoms with Gasteiger partial charge in [-0.3, -0.25) is 19.0 Å². The second-order valence-corrected chi connectivity index (χ2v) is 18.8. The molecule has 1 saturated heterocycles. The molecule has 2 amide bonds. The third-order valence-electron chi connectivity index (χ3n) is 11.0. The molecule has 53 heavy (non-hydrogen) atoms. The highest BCUT2D eigenvalue weighted by molar-refractivity contribution is 7.87. The van der Waals surface area contributed by atoms with Crippen LogP contribution in [0.3, 0.4) is 0 Å². The van der Waals surface area contributed by atoms with Crippen molar-refractivity contribution in [3.8, 4) is 16.6 Å². The molecule has 0 bridgehead atoms. The minimum absolute atomic E-state index is 0.000936. The smallest absolute Gasteiger partial charge is 0.303 e. The van der Waals surface area contributed by atoms with Crippen LogP contribution in [0, 0.1) is 24.2 Å². The van der Waals surface area contributed by atoms with Gasteiger partial charge in [-0.2, -0.15) is 17.7 Å². The van der Waals surface area contributed by atoms with E-state index in [2.05, 4.69) is 61.4 Å². The van der Waals surface area contributed by atoms with Gasteiger partial charge in [-0.25, -0.2) is 9.71 Å². The van der Waals surface area contributed by atoms with Crippen LogP contribution in [0.15, 0.2) is 29.7 Å². The summed E-state index contributed by atoms with van der Waals surface area (Å²) in [5.74, 6) is -1.33. The van der Waals surface area contributed by atoms with Crippen molar-refractivity contribution in [3.05, 3.63) is 40.9 Å². The Bertz CT molecular complexity index is 2020. The lowest BCUT2D eigenvalue weighted by atomic mass is 9.91. The van der Waals surface area contributed by atoms with Crippen molar-refractivity contribution in [2.75, 3.05) is 20.6 Å². The normalized spacial score (nSPS) is 26.4. The lowest BCUT2D eigenvalue weighted by molar-refractivity contribution is -0.141. The molecule has 1 saturated carbocycles. The van der Waals surface area contributed by atoms with Crippen molar-refractivity contribution in [2.45, 2.75) is 117 Å². The van der Waals surface area contributed by atoms with Gasteiger partial charge in [0, 0.05) is 49.8 Å². The monoisotopic (exact) mass is 766 g/mol. The summed E-state index contributed by atoms with van der Waals surface area (Å²) >= 11 is 1.60. The predicted octanol–water partition coefficient (Wildman–Crippen LogP) is 6.57. The van der Waals surface area contributed by atoms with E-state index in [1.54, 1.807) is 16.2 Å². The van der Waals surface area contributed by atoms with Crippen molar-refractivity contribution in [2.24, 2.45) is 17.3 Å². The average Bonchev–Trinajstić information content (AvgIpc) is 3.44. The first-order valence-corrected chi connectivity index (χ1v) is 21.2. The Labute approximate surface area is 317 Å². The van der Waals surface area contributed by atoms with Crippen LogP contribution in [0.25, 0.3) is 21.6 Å². The molecule has 0 radical (unpaired) electrons. The van der Waals surface area contributed by atoms with Crippen molar-refractivity contribution in [1.82, 2.24) is 28.5 Å². The van der Waals surface area contributed by atoms with Crippen LogP contribution >= 0.6 is 11.3 Å². The Morgan fingerprint density at radius 3 is 2.55 bits per heavy atom. The molecule has 12 nitrogen and oxygen atoms in total. The van der Waals surface area contributed by atoms with Crippen LogP contribution in [-0.4, -0.2) is 82.5 Å². The van der Waals surface area contributed by atoms with Crippen LogP contribution in [0.1, 0.15) is 109 Å². The number of ketones is 1. The number of rotatable bonds is 8. The number of aromatic nitrogens is 3. The van der Waals surface area contributed by atoms with Gasteiger partial charge in [0.1, 0.15) is 16.6 Å². The number of carbonyl (C=O) groups excluding carboxylic acids is 3. The second kappa shape index (κ2) is 15.3. The van der Waals surface area contributed by atoms with Crippen molar-refractivity contribution < 1.29 is 27.5 Å². The number of carbonyl (C=O) groups is 3. The molecule has 1 N–H and O–H groups in total. The van der Waals surface area contributed by atoms with E-state index in [1.165, 1.54) is 14.1 Å². The number of nitrogens with one attached hydrogen (secondary N) is 1. The largest absolute Gasteiger partial charge is 0.459 e. The Morgan fingerprint density at radius 2 is 1.87 bits per heavy atom. The van der Waals surface area contributed by atoms with Gasteiger partial charge in [-0.05, 0) is 76.0 Å². The fourth-order valence-corrected chi connectivity index (χ4v) is 9.36. The number of amides is 2. The van der Waals surface area contributed by atoms with E-state index >= 15 is 0 Å². The molecule has 3 aromatic rings. The summed E-state index contributed by atoms with van der Waals surface area (Å²) in [6, 6.07) is 3.80. The summed E-state index contributed by atoms with van der Waals surface area (Å²) in [5, 5.41) is 2.98. The molecule has 14 heteroatoms. The number of hydrogen-bond donors (Lipinski definition) is 1. The molecule has 2 aliphatic heterocycles. The Balaban J connectivity index is 1.33. The number of allylic oxidation sites excluding steroid dienone is 2. The zero-order chi connectivity index (χ0) is 38.4. The number of Topliss-reactive ketones (excluding diaryl/α,β-unsaturated/α-hetero) is 1. The number of aryl methyl sites for hydroxylation is 1. The van der Waals surface area contributed by atoms with Gasteiger partial charge < -0.3 is 9.64 Å². The van der Waals surface area contributed by atoms with E-state index in [1.807, 2.05) is 19.1 Å². The summed E-state index contributed by atoms with van der Waals surface area (Å²) < 4.78 is 37.3. The van der Waals surface area contributed by atoms with E-state index in [-0.39, 0.29) is 49.0 Å². The first-order valence-electron chi connectivity index (χ1n) is 18.9. The molecule has 0 unspecified atom stereocenters. The summed E-state index contributed by atoms with van der Waals surface area (Å²) in [6.07, 6.45) is 8.22. The minimum atomic E-state index is -4.07. The quantitative estimate of drug-likeness (QED) is 0.254. The van der Waals surface area contributed by atoms with Crippen LogP contribution in [0.5, 0.6) is 6.01 Å². The standard InChI is InChI=1S/C39H54N6O6S2/c1-23(2)30-22-52-35(40-30)29-16-25(5)17-32-34(29)41-38(45(32)24(3)4)51-28-18-31-33(46)20-39(37(48)42-53(49,50)43(7)8)19-27(39)15-13-11-9-10-12-14-26(6)36(47)44(31)21-28/h13,15-17,22-24,26-28,31H,9-12,14,18-21H2,1-8H3,(H,42,48)/b15-13-/t26-,27-,28+,31-,39+/m0/s1. The maximum absolute atomic E-state index is 14.4. The number of imidazole rings is 1. The zero-order valence-electron chi connectivity index (χ0n) is 32.2. The second-order valence-electron chi connectivity index (χ2n) is 16.0. The molecule has 1 aliphatic carbocycles. The first-order chi connectivity index (χ1) is 25.0. The number of thiazole rings is 1. The zero-order valence-corrected chi connectivity index (χ0v) is 33.8. The van der Waals surface area contributed by atoms with Gasteiger partial charge in [-0.15, -0.1) is 11.3 Å². The topological polar surface area (TPSA) is 144 Å². The summed E-state index contributed by atoms with van der Waals surface area (Å²) in [5.41, 5.74) is 3.54. The first kappa shape index (κ1) is 39.1. The third kappa shape index (κ3) is 7.95. The lowest BCUT2D eigenvalue weighted by Crippen LogP contribution is -2.47. The van der Waals surface area contributed by atoms with Crippen molar-refractivity contribution in [3.63, 3.8) is 0 Å². The van der Waals surface area contributed by atoms with E-state index in [9.17, 15) is 22.8 Å². The maximum atomic E-state index is 14.4. The third-order valence-corrected chi connectivity index (χ3v) is 13.3. The van der Waals surface area contributed by atoms with Gasteiger partial charge in [0.15, 0.2) is 5.78 Å². The van der Waals surface area contributed by atoms with Gasteiger partial charge in [0.2, 0.25) is 11.8 Å². The van der Waals surface area contributed by atoms with E-state index in [0.29, 0.717) is 24.8 Å². The van der Waals surface area contributed by atoms with Gasteiger partial charge in [0.25, 0.3) is 6.01 Å². The average molecular weight is 767 g/mol. The molecule has 1 aromatic carbocycles. The summed E-state index contributed by atoms with van der Waals surface area (Å²) in [4.78, 5) is 53.8. The number of hydrogen-bond acceptors (Lipinski definition) is 9. The number of benzene rings is 1. The maximum Gasteiger partial charge on any atom is 0.303 e. The molecule has 2 aromatic heterocycles. The molecule has 0 spiro atoms. The molecule has 2 fully saturated rings. The lowest BCUT2D eigenvalue weighted by Gasteiger charge is -2.27. The van der Waals surface area contributed by atoms with E-state index < -0.39 is 33.7 Å². The summed E-state index contributed by atoms with van der Waals surface area (Å²) in [6.45, 7) is 12.6. The Kier molecular flexibility index (Phi) is 11.2. The number of ether oxygens (including phenoxy) is 1. The molecule has 6 rings (SSSR count). The Hall–Kier alpha value is -3.62. The molecule has 5 atom stereocenters. The fraction of sp³-hybridized carbons (Fsp3) is 0.615. The van der Waals surface area contributed by atoms with Crippen molar-refractivity contribution >= 4 is 50.2 Å². The highest BCUT2D eigenvalue weighted by Crippen LogP contribution is 2.57. The highest BCUT2D eigenvalue weighted by atomic mass is 32.2. The van der Waals surface area contributed by atoms with E-state index in [4.69, 9.17) is 14.7 Å². The molecular formula is C39H54N6O6S2. The predicted molar refractivity (Wildman–Crippen MR) is 207 cm³/mol. The summed E-state index contributed by atoms with van der Waals surface area (Å²) in [7, 11) is -1.37. The van der Waals surface area contributed by atoms with Crippen molar-refractivity contribution in [1.29, 1.82) is 0 Å². The molecular weight excluding hydrogens is 713 g/mol. The van der Waals surface area contributed by atoms with Gasteiger partial charge >= 0.3 is 10.2 Å². The molecule has 288 valence electrons. The van der Waals surface area contributed by atoms with E-state index in [0.717, 1.165) is 62.9 Å². The van der Waals surface area contributed by atoms with Crippen LogP contribution in [0.2, 0.25) is 0 Å². The van der Waals surface area contributed by atoms with Gasteiger partial charge in [-0.1, -0.05) is 45.8 Å². The molecule has 3 aliphatic rings. The fourth-order valence-electron chi connectivity index (χ4n) is 7.74. The van der Waals surface area contributed by atoms with Crippen LogP contribution < -0.4 is 9.46 Å². The SMILES string of the molecule is Cc1cc(-c2nc(C(C)C)cs2)c2nc(O[C@@H]3C[C@H]4C(=O)C[C@]5(C(=O)NS(=O)(=O)N(C)C)C[C@@H]5/C=C\CCCCC[C@H](C)C(=O)N4C3)n(C(C)C)c2c1. The van der Waals surface area contributed by atoms with Crippen LogP contribution in [0.4, 0.5) is 0 Å².